The van der Waals surface area contributed by atoms with Crippen molar-refractivity contribution >= 4 is 6.09 Å². The third-order valence-electron chi connectivity index (χ3n) is 12.2. The first kappa shape index (κ1) is 34.8. The SMILES string of the molecule is CCOCCOCCOCCCNC(=O)O[C@@H]1CC[C@]2(C)C(=CCC3C4CCC([C@@H](C)CCCC(C)C)[C@]4(C)CCC32)C1. The van der Waals surface area contributed by atoms with Gasteiger partial charge < -0.3 is 24.3 Å². The lowest BCUT2D eigenvalue weighted by Crippen LogP contribution is -2.51. The molecule has 8 atom stereocenters. The summed E-state index contributed by atoms with van der Waals surface area (Å²) in [5.74, 6) is 5.11. The van der Waals surface area contributed by atoms with Crippen LogP contribution in [0.5, 0.6) is 0 Å². The van der Waals surface area contributed by atoms with Gasteiger partial charge in [-0.2, -0.15) is 0 Å². The van der Waals surface area contributed by atoms with Gasteiger partial charge in [0.1, 0.15) is 6.10 Å². The van der Waals surface area contributed by atoms with E-state index in [1.807, 2.05) is 6.92 Å². The van der Waals surface area contributed by atoms with E-state index in [-0.39, 0.29) is 17.6 Å². The predicted molar refractivity (Wildman–Crippen MR) is 174 cm³/mol. The predicted octanol–water partition coefficient (Wildman–Crippen LogP) is 8.58. The number of nitrogens with one attached hydrogen (secondary N) is 1. The van der Waals surface area contributed by atoms with Crippen molar-refractivity contribution in [1.82, 2.24) is 5.32 Å². The molecule has 1 N–H and O–H groups in total. The molecule has 3 fully saturated rings. The second-order valence-electron chi connectivity index (χ2n) is 15.3. The van der Waals surface area contributed by atoms with Crippen molar-refractivity contribution in [2.75, 3.05) is 46.2 Å². The number of hydrogen-bond donors (Lipinski definition) is 1. The lowest BCUT2D eigenvalue weighted by molar-refractivity contribution is -0.0581. The normalized spacial score (nSPS) is 34.2. The summed E-state index contributed by atoms with van der Waals surface area (Å²) in [4.78, 5) is 12.6. The largest absolute Gasteiger partial charge is 0.446 e. The van der Waals surface area contributed by atoms with Gasteiger partial charge in [-0.3, -0.25) is 0 Å². The Morgan fingerprint density at radius 3 is 2.40 bits per heavy atom. The van der Waals surface area contributed by atoms with Crippen LogP contribution < -0.4 is 5.32 Å². The first-order valence-corrected chi connectivity index (χ1v) is 18.1. The summed E-state index contributed by atoms with van der Waals surface area (Å²) < 4.78 is 22.2. The summed E-state index contributed by atoms with van der Waals surface area (Å²) >= 11 is 0. The molecule has 248 valence electrons. The second kappa shape index (κ2) is 16.5. The molecule has 43 heavy (non-hydrogen) atoms. The molecule has 6 nitrogen and oxygen atoms in total. The van der Waals surface area contributed by atoms with Crippen LogP contribution in [0.15, 0.2) is 11.6 Å². The highest BCUT2D eigenvalue weighted by molar-refractivity contribution is 5.67. The zero-order valence-electron chi connectivity index (χ0n) is 28.6. The fourth-order valence-electron chi connectivity index (χ4n) is 9.89. The minimum atomic E-state index is -0.282. The van der Waals surface area contributed by atoms with Gasteiger partial charge in [-0.1, -0.05) is 65.5 Å². The molecule has 4 aliphatic carbocycles. The molecule has 0 aromatic carbocycles. The molecule has 4 rings (SSSR count). The molecular weight excluding hydrogens is 538 g/mol. The van der Waals surface area contributed by atoms with Gasteiger partial charge in [-0.05, 0) is 105 Å². The highest BCUT2D eigenvalue weighted by Gasteiger charge is 2.59. The van der Waals surface area contributed by atoms with Crippen LogP contribution in [0.4, 0.5) is 4.79 Å². The van der Waals surface area contributed by atoms with Gasteiger partial charge >= 0.3 is 6.09 Å². The summed E-state index contributed by atoms with van der Waals surface area (Å²) in [5, 5.41) is 2.93. The van der Waals surface area contributed by atoms with E-state index in [1.54, 1.807) is 5.57 Å². The topological polar surface area (TPSA) is 66.0 Å². The highest BCUT2D eigenvalue weighted by Crippen LogP contribution is 2.67. The van der Waals surface area contributed by atoms with Crippen molar-refractivity contribution in [3.63, 3.8) is 0 Å². The number of alkyl carbamates (subject to hydrolysis) is 1. The van der Waals surface area contributed by atoms with Crippen molar-refractivity contribution < 1.29 is 23.7 Å². The van der Waals surface area contributed by atoms with E-state index < -0.39 is 0 Å². The van der Waals surface area contributed by atoms with Crippen LogP contribution in [0.2, 0.25) is 0 Å². The Morgan fingerprint density at radius 1 is 0.907 bits per heavy atom. The zero-order chi connectivity index (χ0) is 30.9. The van der Waals surface area contributed by atoms with Crippen LogP contribution >= 0.6 is 0 Å². The van der Waals surface area contributed by atoms with Crippen molar-refractivity contribution in [3.8, 4) is 0 Å². The summed E-state index contributed by atoms with van der Waals surface area (Å²) in [6.45, 7) is 18.7. The lowest BCUT2D eigenvalue weighted by Gasteiger charge is -2.58. The van der Waals surface area contributed by atoms with Crippen LogP contribution in [0.1, 0.15) is 119 Å². The average Bonchev–Trinajstić information content (AvgIpc) is 3.33. The maximum atomic E-state index is 12.6. The quantitative estimate of drug-likeness (QED) is 0.133. The maximum absolute atomic E-state index is 12.6. The number of allylic oxidation sites excluding steroid dienone is 1. The van der Waals surface area contributed by atoms with Gasteiger partial charge in [-0.25, -0.2) is 4.79 Å². The number of rotatable bonds is 17. The zero-order valence-corrected chi connectivity index (χ0v) is 28.6. The first-order chi connectivity index (χ1) is 20.7. The third kappa shape index (κ3) is 8.79. The van der Waals surface area contributed by atoms with Gasteiger partial charge in [0.15, 0.2) is 0 Å². The number of ether oxygens (including phenoxy) is 4. The van der Waals surface area contributed by atoms with Gasteiger partial charge in [0.25, 0.3) is 0 Å². The van der Waals surface area contributed by atoms with E-state index in [2.05, 4.69) is 46.0 Å². The molecule has 0 spiro atoms. The molecule has 1 amide bonds. The first-order valence-electron chi connectivity index (χ1n) is 18.1. The fourth-order valence-corrected chi connectivity index (χ4v) is 9.89. The van der Waals surface area contributed by atoms with Crippen molar-refractivity contribution in [2.45, 2.75) is 125 Å². The molecule has 0 saturated heterocycles. The number of carbonyl (C=O) groups is 1. The fraction of sp³-hybridized carbons (Fsp3) is 0.919. The van der Waals surface area contributed by atoms with Crippen LogP contribution in [0, 0.1) is 46.3 Å². The minimum Gasteiger partial charge on any atom is -0.446 e. The molecule has 6 heteroatoms. The van der Waals surface area contributed by atoms with Crippen LogP contribution in [0.3, 0.4) is 0 Å². The molecule has 3 saturated carbocycles. The summed E-state index contributed by atoms with van der Waals surface area (Å²) in [6, 6.07) is 0. The second-order valence-corrected chi connectivity index (χ2v) is 15.3. The average molecular weight is 604 g/mol. The molecule has 0 aliphatic heterocycles. The van der Waals surface area contributed by atoms with Crippen molar-refractivity contribution in [1.29, 1.82) is 0 Å². The highest BCUT2D eigenvalue weighted by atomic mass is 16.6. The smallest absolute Gasteiger partial charge is 0.407 e. The van der Waals surface area contributed by atoms with E-state index >= 15 is 0 Å². The van der Waals surface area contributed by atoms with E-state index in [4.69, 9.17) is 18.9 Å². The minimum absolute atomic E-state index is 0.00244. The van der Waals surface area contributed by atoms with E-state index in [0.29, 0.717) is 51.6 Å². The van der Waals surface area contributed by atoms with Crippen LogP contribution in [-0.4, -0.2) is 58.4 Å². The molecule has 0 heterocycles. The Bertz CT molecular complexity index is 890. The molecule has 4 aliphatic rings. The van der Waals surface area contributed by atoms with E-state index in [1.165, 1.54) is 51.4 Å². The van der Waals surface area contributed by atoms with Crippen LogP contribution in [0.25, 0.3) is 0 Å². The number of amides is 1. The Morgan fingerprint density at radius 2 is 1.65 bits per heavy atom. The van der Waals surface area contributed by atoms with Gasteiger partial charge in [0.2, 0.25) is 0 Å². The van der Waals surface area contributed by atoms with Crippen LogP contribution in [-0.2, 0) is 18.9 Å². The maximum Gasteiger partial charge on any atom is 0.407 e. The van der Waals surface area contributed by atoms with E-state index in [0.717, 1.165) is 61.2 Å². The van der Waals surface area contributed by atoms with Gasteiger partial charge in [-0.15, -0.1) is 0 Å². The molecule has 4 unspecified atom stereocenters. The van der Waals surface area contributed by atoms with Crippen molar-refractivity contribution in [3.05, 3.63) is 11.6 Å². The van der Waals surface area contributed by atoms with Crippen molar-refractivity contribution in [2.24, 2.45) is 46.3 Å². The molecular formula is C37H65NO5. The Balaban J connectivity index is 1.19. The summed E-state index contributed by atoms with van der Waals surface area (Å²) in [6.07, 6.45) is 17.2. The lowest BCUT2D eigenvalue weighted by atomic mass is 9.47. The number of carbonyl (C=O) groups excluding carboxylic acids is 1. The Labute approximate surface area is 263 Å². The van der Waals surface area contributed by atoms with Gasteiger partial charge in [0.05, 0.1) is 26.4 Å². The molecule has 0 bridgehead atoms. The van der Waals surface area contributed by atoms with Gasteiger partial charge in [0, 0.05) is 26.2 Å². The molecule has 0 radical (unpaired) electrons. The number of hydrogen-bond acceptors (Lipinski definition) is 5. The molecule has 0 aromatic rings. The van der Waals surface area contributed by atoms with E-state index in [9.17, 15) is 4.79 Å². The standard InChI is InChI=1S/C37H65NO5/c1-7-40-22-23-42-25-24-41-21-9-20-38-35(39)43-30-16-18-36(5)29(26-30)12-13-31-33-15-14-32(28(4)11-8-10-27(2)3)37(33,6)19-17-34(31)36/h12,27-28,30-34H,7-11,13-26H2,1-6H3,(H,38,39)/t28-,30+,31?,32?,33?,34?,36+,37-/m0/s1. The summed E-state index contributed by atoms with van der Waals surface area (Å²) in [5.41, 5.74) is 2.39. The monoisotopic (exact) mass is 603 g/mol. The summed E-state index contributed by atoms with van der Waals surface area (Å²) in [7, 11) is 0. The Hall–Kier alpha value is -1.11. The molecule has 0 aromatic heterocycles. The number of fused-ring (bicyclic) bond motifs is 5. The Kier molecular flexibility index (Phi) is 13.3. The third-order valence-corrected chi connectivity index (χ3v) is 12.2.